The molecule has 4 nitrogen and oxygen atoms in total. The number of halogens is 3. The molecule has 0 bridgehead atoms. The van der Waals surface area contributed by atoms with E-state index >= 15 is 0 Å². The van der Waals surface area contributed by atoms with Crippen LogP contribution in [0.1, 0.15) is 16.7 Å². The Hall–Kier alpha value is -2.15. The van der Waals surface area contributed by atoms with Crippen LogP contribution in [-0.4, -0.2) is 12.1 Å². The molecule has 0 heterocycles. The molecule has 0 spiro atoms. The topological polar surface area (TPSA) is 50.7 Å². The molecule has 0 aromatic heterocycles. The van der Waals surface area contributed by atoms with Gasteiger partial charge in [0, 0.05) is 9.50 Å². The minimum absolute atomic E-state index is 0.175. The van der Waals surface area contributed by atoms with E-state index in [1.807, 2.05) is 66.7 Å². The zero-order valence-corrected chi connectivity index (χ0v) is 19.2. The third-order valence-corrected chi connectivity index (χ3v) is 5.34. The van der Waals surface area contributed by atoms with Crippen molar-refractivity contribution in [1.82, 2.24) is 5.43 Å². The summed E-state index contributed by atoms with van der Waals surface area (Å²) in [6, 6.07) is 20.7. The van der Waals surface area contributed by atoms with Crippen LogP contribution in [0.2, 0.25) is 5.02 Å². The van der Waals surface area contributed by atoms with Crippen LogP contribution >= 0.6 is 43.5 Å². The molecule has 7 heteroatoms. The third-order valence-electron chi connectivity index (χ3n) is 3.94. The molecule has 3 aromatic carbocycles. The largest absolute Gasteiger partial charge is 0.488 e. The Balaban J connectivity index is 1.51. The summed E-state index contributed by atoms with van der Waals surface area (Å²) >= 11 is 12.8. The fourth-order valence-corrected chi connectivity index (χ4v) is 3.36. The number of nitrogens with one attached hydrogen (secondary N) is 1. The van der Waals surface area contributed by atoms with Crippen molar-refractivity contribution in [2.75, 3.05) is 0 Å². The molecule has 3 aromatic rings. The molecule has 0 unspecified atom stereocenters. The van der Waals surface area contributed by atoms with Crippen molar-refractivity contribution in [3.63, 3.8) is 0 Å². The van der Waals surface area contributed by atoms with Crippen molar-refractivity contribution in [2.45, 2.75) is 13.0 Å². The average Bonchev–Trinajstić information content (AvgIpc) is 2.70. The number of nitrogens with zero attached hydrogens (tertiary/aromatic N) is 1. The molecule has 3 rings (SSSR count). The summed E-state index contributed by atoms with van der Waals surface area (Å²) in [6.45, 7) is 0.440. The number of amides is 1. The van der Waals surface area contributed by atoms with Gasteiger partial charge in [0.2, 0.25) is 5.91 Å². The van der Waals surface area contributed by atoms with E-state index in [1.54, 1.807) is 6.21 Å². The van der Waals surface area contributed by atoms with Crippen molar-refractivity contribution >= 4 is 55.6 Å². The SMILES string of the molecule is O=C(Cc1ccc(Br)cc1)N/N=C/c1ccc(OCc2ccc(Cl)cc2)c(Br)c1. The summed E-state index contributed by atoms with van der Waals surface area (Å²) in [6.07, 6.45) is 1.86. The molecule has 1 amide bonds. The van der Waals surface area contributed by atoms with E-state index in [2.05, 4.69) is 42.4 Å². The number of ether oxygens (including phenoxy) is 1. The van der Waals surface area contributed by atoms with E-state index in [4.69, 9.17) is 16.3 Å². The molecular formula is C22H17Br2ClN2O2. The van der Waals surface area contributed by atoms with Crippen LogP contribution in [0.5, 0.6) is 5.75 Å². The Kier molecular flexibility index (Phi) is 7.86. The fourth-order valence-electron chi connectivity index (χ4n) is 2.46. The van der Waals surface area contributed by atoms with E-state index in [0.29, 0.717) is 11.6 Å². The number of hydrogen-bond acceptors (Lipinski definition) is 3. The summed E-state index contributed by atoms with van der Waals surface area (Å²) in [5, 5.41) is 4.72. The molecule has 29 heavy (non-hydrogen) atoms. The summed E-state index contributed by atoms with van der Waals surface area (Å²) in [7, 11) is 0. The highest BCUT2D eigenvalue weighted by Crippen LogP contribution is 2.26. The van der Waals surface area contributed by atoms with Gasteiger partial charge in [-0.05, 0) is 75.1 Å². The highest BCUT2D eigenvalue weighted by molar-refractivity contribution is 9.10. The Bertz CT molecular complexity index is 1010. The first kappa shape index (κ1) is 21.6. The van der Waals surface area contributed by atoms with Crippen LogP contribution in [0.25, 0.3) is 0 Å². The zero-order valence-electron chi connectivity index (χ0n) is 15.2. The molecule has 148 valence electrons. The van der Waals surface area contributed by atoms with Crippen molar-refractivity contribution in [3.8, 4) is 5.75 Å². The van der Waals surface area contributed by atoms with Crippen LogP contribution in [0, 0.1) is 0 Å². The number of carbonyl (C=O) groups excluding carboxylic acids is 1. The highest BCUT2D eigenvalue weighted by Gasteiger charge is 2.04. The molecular weight excluding hydrogens is 520 g/mol. The molecule has 0 aliphatic heterocycles. The lowest BCUT2D eigenvalue weighted by Crippen LogP contribution is -2.19. The average molecular weight is 537 g/mol. The van der Waals surface area contributed by atoms with Gasteiger partial charge in [0.15, 0.2) is 0 Å². The summed E-state index contributed by atoms with van der Waals surface area (Å²) in [5.74, 6) is 0.543. The monoisotopic (exact) mass is 534 g/mol. The second kappa shape index (κ2) is 10.6. The minimum Gasteiger partial charge on any atom is -0.488 e. The second-order valence-corrected chi connectivity index (χ2v) is 8.41. The van der Waals surface area contributed by atoms with Gasteiger partial charge < -0.3 is 4.74 Å². The summed E-state index contributed by atoms with van der Waals surface area (Å²) in [5.41, 5.74) is 5.32. The Labute approximate surface area is 191 Å². The Morgan fingerprint density at radius 1 is 1.00 bits per heavy atom. The zero-order chi connectivity index (χ0) is 20.6. The van der Waals surface area contributed by atoms with Gasteiger partial charge in [-0.25, -0.2) is 5.43 Å². The third kappa shape index (κ3) is 6.99. The standard InChI is InChI=1S/C22H17Br2ClN2O2/c23-18-6-1-15(2-7-18)12-22(28)27-26-13-17-5-10-21(20(24)11-17)29-14-16-3-8-19(25)9-4-16/h1-11,13H,12,14H2,(H,27,28)/b26-13+. The van der Waals surface area contributed by atoms with Gasteiger partial charge in [-0.3, -0.25) is 4.79 Å². The second-order valence-electron chi connectivity index (χ2n) is 6.20. The highest BCUT2D eigenvalue weighted by atomic mass is 79.9. The number of carbonyl (C=O) groups is 1. The predicted octanol–water partition coefficient (Wildman–Crippen LogP) is 6.14. The fraction of sp³-hybridized carbons (Fsp3) is 0.0909. The van der Waals surface area contributed by atoms with Crippen molar-refractivity contribution in [3.05, 3.63) is 97.4 Å². The number of rotatable bonds is 7. The van der Waals surface area contributed by atoms with E-state index in [1.165, 1.54) is 0 Å². The van der Waals surface area contributed by atoms with E-state index < -0.39 is 0 Å². The lowest BCUT2D eigenvalue weighted by Gasteiger charge is -2.09. The van der Waals surface area contributed by atoms with Crippen LogP contribution in [0.3, 0.4) is 0 Å². The normalized spacial score (nSPS) is 10.9. The van der Waals surface area contributed by atoms with Crippen LogP contribution in [0.4, 0.5) is 0 Å². The van der Waals surface area contributed by atoms with E-state index in [0.717, 1.165) is 31.4 Å². The Morgan fingerprint density at radius 3 is 2.38 bits per heavy atom. The summed E-state index contributed by atoms with van der Waals surface area (Å²) in [4.78, 5) is 12.0. The van der Waals surface area contributed by atoms with E-state index in [-0.39, 0.29) is 12.3 Å². The molecule has 0 radical (unpaired) electrons. The molecule has 0 saturated heterocycles. The molecule has 0 aliphatic rings. The van der Waals surface area contributed by atoms with Gasteiger partial charge in [-0.15, -0.1) is 0 Å². The lowest BCUT2D eigenvalue weighted by molar-refractivity contribution is -0.120. The van der Waals surface area contributed by atoms with Gasteiger partial charge in [0.05, 0.1) is 17.1 Å². The smallest absolute Gasteiger partial charge is 0.244 e. The molecule has 1 N–H and O–H groups in total. The van der Waals surface area contributed by atoms with E-state index in [9.17, 15) is 4.79 Å². The quantitative estimate of drug-likeness (QED) is 0.292. The summed E-state index contributed by atoms with van der Waals surface area (Å²) < 4.78 is 7.61. The number of benzene rings is 3. The van der Waals surface area contributed by atoms with Gasteiger partial charge in [0.1, 0.15) is 12.4 Å². The number of hydrogen-bond donors (Lipinski definition) is 1. The van der Waals surface area contributed by atoms with Crippen molar-refractivity contribution in [1.29, 1.82) is 0 Å². The van der Waals surface area contributed by atoms with Crippen molar-refractivity contribution in [2.24, 2.45) is 5.10 Å². The lowest BCUT2D eigenvalue weighted by atomic mass is 10.1. The molecule has 0 atom stereocenters. The first-order valence-electron chi connectivity index (χ1n) is 8.73. The van der Waals surface area contributed by atoms with Gasteiger partial charge >= 0.3 is 0 Å². The molecule has 0 aliphatic carbocycles. The van der Waals surface area contributed by atoms with Crippen molar-refractivity contribution < 1.29 is 9.53 Å². The maximum atomic E-state index is 12.0. The van der Waals surface area contributed by atoms with Crippen LogP contribution < -0.4 is 10.2 Å². The predicted molar refractivity (Wildman–Crippen MR) is 124 cm³/mol. The first-order chi connectivity index (χ1) is 14.0. The number of hydrazone groups is 1. The molecule has 0 fully saturated rings. The first-order valence-corrected chi connectivity index (χ1v) is 10.7. The molecule has 0 saturated carbocycles. The van der Waals surface area contributed by atoms with Gasteiger partial charge in [-0.2, -0.15) is 5.10 Å². The minimum atomic E-state index is -0.175. The van der Waals surface area contributed by atoms with Gasteiger partial charge in [0.25, 0.3) is 0 Å². The maximum absolute atomic E-state index is 12.0. The Morgan fingerprint density at radius 2 is 1.69 bits per heavy atom. The maximum Gasteiger partial charge on any atom is 0.244 e. The van der Waals surface area contributed by atoms with Crippen LogP contribution in [-0.2, 0) is 17.8 Å². The van der Waals surface area contributed by atoms with Gasteiger partial charge in [-0.1, -0.05) is 51.8 Å². The van der Waals surface area contributed by atoms with Crippen LogP contribution in [0.15, 0.2) is 80.8 Å².